The van der Waals surface area contributed by atoms with E-state index in [1.807, 2.05) is 23.2 Å². The van der Waals surface area contributed by atoms with Crippen molar-refractivity contribution in [1.29, 1.82) is 0 Å². The topological polar surface area (TPSA) is 105 Å². The van der Waals surface area contributed by atoms with Crippen LogP contribution in [0.2, 0.25) is 0 Å². The Kier molecular flexibility index (Phi) is 7.14. The number of amides is 1. The smallest absolute Gasteiger partial charge is 0.221 e. The number of sulfonamides is 1. The van der Waals surface area contributed by atoms with Gasteiger partial charge < -0.3 is 5.32 Å². The summed E-state index contributed by atoms with van der Waals surface area (Å²) in [4.78, 5) is 14.4. The van der Waals surface area contributed by atoms with Crippen molar-refractivity contribution < 1.29 is 13.2 Å². The average Bonchev–Trinajstić information content (AvgIpc) is 3.27. The minimum Gasteiger partial charge on any atom is -0.355 e. The van der Waals surface area contributed by atoms with Gasteiger partial charge in [-0.2, -0.15) is 14.5 Å². The molecule has 168 valence electrons. The van der Waals surface area contributed by atoms with Crippen molar-refractivity contribution in [1.82, 2.24) is 34.1 Å². The molecule has 0 unspecified atom stereocenters. The van der Waals surface area contributed by atoms with Crippen molar-refractivity contribution in [3.8, 4) is 0 Å². The second kappa shape index (κ2) is 9.44. The normalized spacial score (nSPS) is 16.6. The zero-order chi connectivity index (χ0) is 21.9. The first-order valence-corrected chi connectivity index (χ1v) is 12.1. The molecule has 1 amide bonds. The fraction of sp³-hybridized carbons (Fsp3) is 0.737. The standard InChI is InChI=1S/C19H33N7O3S/c1-5-25-17-14-21-26(19(17)16(4)22-25)8-6-18(27)20-7-9-23-10-12-24(13-11-23)30(28,29)15(2)3/h14-15H,5-13H2,1-4H3,(H,20,27). The Bertz CT molecular complexity index is 972. The zero-order valence-corrected chi connectivity index (χ0v) is 19.2. The summed E-state index contributed by atoms with van der Waals surface area (Å²) in [5.74, 6) is -0.0137. The third kappa shape index (κ3) is 4.84. The number of aryl methyl sites for hydroxylation is 3. The van der Waals surface area contributed by atoms with Crippen LogP contribution >= 0.6 is 0 Å². The van der Waals surface area contributed by atoms with E-state index in [-0.39, 0.29) is 11.2 Å². The van der Waals surface area contributed by atoms with Gasteiger partial charge >= 0.3 is 0 Å². The quantitative estimate of drug-likeness (QED) is 0.607. The van der Waals surface area contributed by atoms with E-state index in [0.717, 1.165) is 29.8 Å². The molecule has 1 aliphatic rings. The summed E-state index contributed by atoms with van der Waals surface area (Å²) in [6.07, 6.45) is 2.16. The van der Waals surface area contributed by atoms with Gasteiger partial charge in [0.1, 0.15) is 11.0 Å². The Morgan fingerprint density at radius 3 is 2.50 bits per heavy atom. The highest BCUT2D eigenvalue weighted by atomic mass is 32.2. The lowest BCUT2D eigenvalue weighted by atomic mass is 10.3. The summed E-state index contributed by atoms with van der Waals surface area (Å²) in [6, 6.07) is 0. The van der Waals surface area contributed by atoms with Crippen LogP contribution < -0.4 is 5.32 Å². The maximum absolute atomic E-state index is 12.2. The van der Waals surface area contributed by atoms with Gasteiger partial charge in [0.15, 0.2) is 0 Å². The van der Waals surface area contributed by atoms with Crippen LogP contribution in [0.25, 0.3) is 11.0 Å². The minimum absolute atomic E-state index is 0.0137. The maximum atomic E-state index is 12.2. The number of nitrogens with one attached hydrogen (secondary N) is 1. The van der Waals surface area contributed by atoms with E-state index in [0.29, 0.717) is 45.7 Å². The molecule has 0 radical (unpaired) electrons. The molecule has 0 aliphatic carbocycles. The van der Waals surface area contributed by atoms with E-state index in [1.165, 1.54) is 0 Å². The number of carbonyl (C=O) groups is 1. The monoisotopic (exact) mass is 439 g/mol. The van der Waals surface area contributed by atoms with E-state index in [2.05, 4.69) is 20.4 Å². The second-order valence-corrected chi connectivity index (χ2v) is 10.4. The molecule has 10 nitrogen and oxygen atoms in total. The average molecular weight is 440 g/mol. The van der Waals surface area contributed by atoms with Crippen LogP contribution in [0.4, 0.5) is 0 Å². The third-order valence-electron chi connectivity index (χ3n) is 5.60. The molecule has 1 saturated heterocycles. The number of aromatic nitrogens is 4. The van der Waals surface area contributed by atoms with Gasteiger partial charge in [-0.1, -0.05) is 0 Å². The van der Waals surface area contributed by atoms with Crippen LogP contribution in [0, 0.1) is 6.92 Å². The van der Waals surface area contributed by atoms with Crippen molar-refractivity contribution in [3.63, 3.8) is 0 Å². The van der Waals surface area contributed by atoms with E-state index < -0.39 is 10.0 Å². The molecule has 0 aromatic carbocycles. The van der Waals surface area contributed by atoms with Crippen molar-refractivity contribution in [2.75, 3.05) is 39.3 Å². The highest BCUT2D eigenvalue weighted by Gasteiger charge is 2.29. The number of rotatable bonds is 9. The highest BCUT2D eigenvalue weighted by molar-refractivity contribution is 7.89. The van der Waals surface area contributed by atoms with Gasteiger partial charge in [0.2, 0.25) is 15.9 Å². The summed E-state index contributed by atoms with van der Waals surface area (Å²) in [6.45, 7) is 12.4. The molecule has 1 aliphatic heterocycles. The molecule has 0 spiro atoms. The first kappa shape index (κ1) is 22.7. The summed E-state index contributed by atoms with van der Waals surface area (Å²) >= 11 is 0. The lowest BCUT2D eigenvalue weighted by molar-refractivity contribution is -0.121. The number of nitrogens with zero attached hydrogens (tertiary/aromatic N) is 6. The van der Waals surface area contributed by atoms with E-state index in [4.69, 9.17) is 0 Å². The van der Waals surface area contributed by atoms with Gasteiger partial charge in [-0.15, -0.1) is 0 Å². The SMILES string of the molecule is CCn1nc(C)c2c1cnn2CCC(=O)NCCN1CCN(S(=O)(=O)C(C)C)CC1. The molecular formula is C19H33N7O3S. The Morgan fingerprint density at radius 2 is 1.87 bits per heavy atom. The number of hydrogen-bond acceptors (Lipinski definition) is 6. The molecule has 2 aromatic rings. The Morgan fingerprint density at radius 1 is 1.17 bits per heavy atom. The van der Waals surface area contributed by atoms with Gasteiger partial charge in [-0.05, 0) is 27.7 Å². The largest absolute Gasteiger partial charge is 0.355 e. The van der Waals surface area contributed by atoms with Gasteiger partial charge in [0.05, 0.1) is 23.7 Å². The number of fused-ring (bicyclic) bond motifs is 1. The van der Waals surface area contributed by atoms with Gasteiger partial charge in [0, 0.05) is 52.2 Å². The molecule has 0 bridgehead atoms. The lowest BCUT2D eigenvalue weighted by Gasteiger charge is -2.34. The molecule has 11 heteroatoms. The molecule has 0 saturated carbocycles. The molecule has 3 heterocycles. The van der Waals surface area contributed by atoms with Crippen LogP contribution in [-0.4, -0.2) is 87.6 Å². The molecule has 2 aromatic heterocycles. The molecule has 0 atom stereocenters. The van der Waals surface area contributed by atoms with Gasteiger partial charge in [0.25, 0.3) is 0 Å². The van der Waals surface area contributed by atoms with Crippen LogP contribution in [-0.2, 0) is 27.9 Å². The van der Waals surface area contributed by atoms with E-state index >= 15 is 0 Å². The summed E-state index contributed by atoms with van der Waals surface area (Å²) in [5.41, 5.74) is 2.90. The molecular weight excluding hydrogens is 406 g/mol. The predicted octanol–water partition coefficient (Wildman–Crippen LogP) is 0.423. The highest BCUT2D eigenvalue weighted by Crippen LogP contribution is 2.18. The summed E-state index contributed by atoms with van der Waals surface area (Å²) < 4.78 is 29.8. The zero-order valence-electron chi connectivity index (χ0n) is 18.3. The molecule has 1 fully saturated rings. The van der Waals surface area contributed by atoms with Crippen molar-refractivity contribution in [2.24, 2.45) is 0 Å². The maximum Gasteiger partial charge on any atom is 0.221 e. The molecule has 1 N–H and O–H groups in total. The fourth-order valence-electron chi connectivity index (χ4n) is 3.78. The second-order valence-electron chi connectivity index (χ2n) is 7.94. The lowest BCUT2D eigenvalue weighted by Crippen LogP contribution is -2.51. The van der Waals surface area contributed by atoms with Crippen LogP contribution in [0.5, 0.6) is 0 Å². The first-order chi connectivity index (χ1) is 14.2. The minimum atomic E-state index is -3.18. The van der Waals surface area contributed by atoms with Crippen molar-refractivity contribution >= 4 is 27.0 Å². The Labute approximate surface area is 178 Å². The summed E-state index contributed by atoms with van der Waals surface area (Å²) in [7, 11) is -3.18. The van der Waals surface area contributed by atoms with Crippen LogP contribution in [0.3, 0.4) is 0 Å². The van der Waals surface area contributed by atoms with Crippen LogP contribution in [0.1, 0.15) is 32.9 Å². The van der Waals surface area contributed by atoms with Gasteiger partial charge in [-0.3, -0.25) is 19.1 Å². The molecule has 3 rings (SSSR count). The van der Waals surface area contributed by atoms with Crippen molar-refractivity contribution in [3.05, 3.63) is 11.9 Å². The molecule has 30 heavy (non-hydrogen) atoms. The predicted molar refractivity (Wildman–Crippen MR) is 116 cm³/mol. The number of piperazine rings is 1. The van der Waals surface area contributed by atoms with E-state index in [1.54, 1.807) is 24.3 Å². The van der Waals surface area contributed by atoms with E-state index in [9.17, 15) is 13.2 Å². The Hall–Kier alpha value is -1.98. The third-order valence-corrected chi connectivity index (χ3v) is 7.88. The van der Waals surface area contributed by atoms with Crippen molar-refractivity contribution in [2.45, 2.75) is 52.5 Å². The van der Waals surface area contributed by atoms with Gasteiger partial charge in [-0.25, -0.2) is 8.42 Å². The first-order valence-electron chi connectivity index (χ1n) is 10.6. The fourth-order valence-corrected chi connectivity index (χ4v) is 5.05. The summed E-state index contributed by atoms with van der Waals surface area (Å²) in [5, 5.41) is 11.5. The Balaban J connectivity index is 1.40. The number of hydrogen-bond donors (Lipinski definition) is 1. The number of carbonyl (C=O) groups excluding carboxylic acids is 1. The van der Waals surface area contributed by atoms with Crippen LogP contribution in [0.15, 0.2) is 6.20 Å².